The van der Waals surface area contributed by atoms with Gasteiger partial charge in [0.1, 0.15) is 9.88 Å². The van der Waals surface area contributed by atoms with E-state index in [1.807, 2.05) is 29.3 Å². The molecule has 0 atom stereocenters. The Bertz CT molecular complexity index is 571. The van der Waals surface area contributed by atoms with Gasteiger partial charge in [0.15, 0.2) is 0 Å². The first-order chi connectivity index (χ1) is 9.25. The molecule has 0 N–H and O–H groups in total. The van der Waals surface area contributed by atoms with Gasteiger partial charge >= 0.3 is 0 Å². The number of aromatic nitrogens is 1. The molecule has 3 heterocycles. The van der Waals surface area contributed by atoms with E-state index in [2.05, 4.69) is 4.98 Å². The highest BCUT2D eigenvalue weighted by Crippen LogP contribution is 2.31. The summed E-state index contributed by atoms with van der Waals surface area (Å²) in [5.41, 5.74) is 0.824. The Morgan fingerprint density at radius 2 is 2.21 bits per heavy atom. The van der Waals surface area contributed by atoms with Crippen molar-refractivity contribution in [1.82, 2.24) is 9.88 Å². The number of rotatable bonds is 2. The van der Waals surface area contributed by atoms with E-state index in [0.717, 1.165) is 20.5 Å². The topological polar surface area (TPSA) is 42.4 Å². The van der Waals surface area contributed by atoms with E-state index in [9.17, 15) is 4.79 Å². The highest BCUT2D eigenvalue weighted by molar-refractivity contribution is 7.22. The number of hydrogen-bond acceptors (Lipinski definition) is 5. The van der Waals surface area contributed by atoms with E-state index in [1.54, 1.807) is 11.3 Å². The fourth-order valence-corrected chi connectivity index (χ4v) is 3.84. The van der Waals surface area contributed by atoms with Crippen LogP contribution in [0.4, 0.5) is 0 Å². The summed E-state index contributed by atoms with van der Waals surface area (Å²) in [6.45, 7) is 4.50. The third kappa shape index (κ3) is 2.56. The maximum atomic E-state index is 12.4. The molecule has 1 fully saturated rings. The first kappa shape index (κ1) is 12.8. The summed E-state index contributed by atoms with van der Waals surface area (Å²) in [6, 6.07) is 4.03. The molecule has 1 aliphatic rings. The van der Waals surface area contributed by atoms with Crippen molar-refractivity contribution >= 4 is 28.6 Å². The standard InChI is InChI=1S/C13H14N2O2S2/c1-9-11(13(16)15-4-6-17-7-5-15)19-12(14-9)10-3-2-8-18-10/h2-3,8H,4-7H2,1H3. The second-order valence-corrected chi connectivity index (χ2v) is 6.26. The number of nitrogens with zero attached hydrogens (tertiary/aromatic N) is 2. The summed E-state index contributed by atoms with van der Waals surface area (Å²) >= 11 is 3.13. The molecule has 0 spiro atoms. The van der Waals surface area contributed by atoms with Crippen LogP contribution >= 0.6 is 22.7 Å². The Balaban J connectivity index is 1.86. The predicted octanol–water partition coefficient (Wildman–Crippen LogP) is 2.65. The molecular formula is C13H14N2O2S2. The maximum absolute atomic E-state index is 12.4. The molecular weight excluding hydrogens is 280 g/mol. The fraction of sp³-hybridized carbons (Fsp3) is 0.385. The zero-order chi connectivity index (χ0) is 13.2. The second kappa shape index (κ2) is 5.40. The average molecular weight is 294 g/mol. The van der Waals surface area contributed by atoms with E-state index < -0.39 is 0 Å². The molecule has 2 aromatic heterocycles. The van der Waals surface area contributed by atoms with Crippen molar-refractivity contribution in [1.29, 1.82) is 0 Å². The van der Waals surface area contributed by atoms with Gasteiger partial charge in [-0.15, -0.1) is 22.7 Å². The van der Waals surface area contributed by atoms with E-state index >= 15 is 0 Å². The van der Waals surface area contributed by atoms with Gasteiger partial charge in [-0.25, -0.2) is 4.98 Å². The van der Waals surface area contributed by atoms with E-state index in [-0.39, 0.29) is 5.91 Å². The molecule has 4 nitrogen and oxygen atoms in total. The summed E-state index contributed by atoms with van der Waals surface area (Å²) in [7, 11) is 0. The van der Waals surface area contributed by atoms with Crippen LogP contribution in [0.2, 0.25) is 0 Å². The monoisotopic (exact) mass is 294 g/mol. The van der Waals surface area contributed by atoms with Crippen molar-refractivity contribution in [3.05, 3.63) is 28.1 Å². The minimum absolute atomic E-state index is 0.0844. The summed E-state index contributed by atoms with van der Waals surface area (Å²) in [4.78, 5) is 20.7. The largest absolute Gasteiger partial charge is 0.378 e. The van der Waals surface area contributed by atoms with E-state index in [4.69, 9.17) is 4.74 Å². The Kier molecular flexibility index (Phi) is 3.63. The van der Waals surface area contributed by atoms with Gasteiger partial charge in [-0.3, -0.25) is 4.79 Å². The lowest BCUT2D eigenvalue weighted by molar-refractivity contribution is 0.0305. The van der Waals surface area contributed by atoms with Gasteiger partial charge in [0, 0.05) is 13.1 Å². The number of amides is 1. The number of morpholine rings is 1. The molecule has 6 heteroatoms. The van der Waals surface area contributed by atoms with Crippen LogP contribution in [0.3, 0.4) is 0 Å². The van der Waals surface area contributed by atoms with Crippen molar-refractivity contribution in [2.45, 2.75) is 6.92 Å². The summed E-state index contributed by atoms with van der Waals surface area (Å²) in [5, 5.41) is 2.96. The lowest BCUT2D eigenvalue weighted by atomic mass is 10.3. The van der Waals surface area contributed by atoms with Crippen LogP contribution in [-0.4, -0.2) is 42.1 Å². The highest BCUT2D eigenvalue weighted by Gasteiger charge is 2.23. The molecule has 100 valence electrons. The van der Waals surface area contributed by atoms with Gasteiger partial charge in [0.25, 0.3) is 5.91 Å². The van der Waals surface area contributed by atoms with Crippen LogP contribution in [-0.2, 0) is 4.74 Å². The molecule has 0 aliphatic carbocycles. The second-order valence-electron chi connectivity index (χ2n) is 4.32. The van der Waals surface area contributed by atoms with Crippen LogP contribution in [0, 0.1) is 6.92 Å². The van der Waals surface area contributed by atoms with Crippen molar-refractivity contribution in [3.8, 4) is 9.88 Å². The van der Waals surface area contributed by atoms with Crippen LogP contribution in [0.1, 0.15) is 15.4 Å². The minimum Gasteiger partial charge on any atom is -0.378 e. The van der Waals surface area contributed by atoms with E-state index in [1.165, 1.54) is 11.3 Å². The fourth-order valence-electron chi connectivity index (χ4n) is 2.01. The highest BCUT2D eigenvalue weighted by atomic mass is 32.1. The molecule has 0 bridgehead atoms. The number of hydrogen-bond donors (Lipinski definition) is 0. The van der Waals surface area contributed by atoms with Gasteiger partial charge in [-0.2, -0.15) is 0 Å². The summed E-state index contributed by atoms with van der Waals surface area (Å²) < 4.78 is 5.28. The SMILES string of the molecule is Cc1nc(-c2cccs2)sc1C(=O)N1CCOCC1. The Morgan fingerprint density at radius 3 is 2.89 bits per heavy atom. The molecule has 1 amide bonds. The number of ether oxygens (including phenoxy) is 1. The third-order valence-corrected chi connectivity index (χ3v) is 5.21. The smallest absolute Gasteiger partial charge is 0.266 e. The predicted molar refractivity (Wildman–Crippen MR) is 76.9 cm³/mol. The van der Waals surface area contributed by atoms with Gasteiger partial charge in [-0.1, -0.05) is 6.07 Å². The molecule has 0 saturated carbocycles. The number of thiazole rings is 1. The van der Waals surface area contributed by atoms with Crippen molar-refractivity contribution in [2.75, 3.05) is 26.3 Å². The zero-order valence-corrected chi connectivity index (χ0v) is 12.2. The van der Waals surface area contributed by atoms with Crippen molar-refractivity contribution in [2.24, 2.45) is 0 Å². The molecule has 3 rings (SSSR count). The number of aryl methyl sites for hydroxylation is 1. The van der Waals surface area contributed by atoms with E-state index in [0.29, 0.717) is 26.3 Å². The van der Waals surface area contributed by atoms with Crippen molar-refractivity contribution < 1.29 is 9.53 Å². The van der Waals surface area contributed by atoms with Gasteiger partial charge in [0.05, 0.1) is 23.8 Å². The van der Waals surface area contributed by atoms with Crippen LogP contribution in [0.15, 0.2) is 17.5 Å². The number of carbonyl (C=O) groups is 1. The minimum atomic E-state index is 0.0844. The van der Waals surface area contributed by atoms with Crippen LogP contribution in [0.25, 0.3) is 9.88 Å². The Morgan fingerprint density at radius 1 is 1.42 bits per heavy atom. The van der Waals surface area contributed by atoms with Gasteiger partial charge in [-0.05, 0) is 18.4 Å². The molecule has 1 aliphatic heterocycles. The first-order valence-corrected chi connectivity index (χ1v) is 7.83. The van der Waals surface area contributed by atoms with Crippen LogP contribution in [0.5, 0.6) is 0 Å². The zero-order valence-electron chi connectivity index (χ0n) is 10.6. The summed E-state index contributed by atoms with van der Waals surface area (Å²) in [5.74, 6) is 0.0844. The number of carbonyl (C=O) groups excluding carboxylic acids is 1. The summed E-state index contributed by atoms with van der Waals surface area (Å²) in [6.07, 6.45) is 0. The first-order valence-electron chi connectivity index (χ1n) is 6.14. The Labute approximate surface area is 119 Å². The maximum Gasteiger partial charge on any atom is 0.266 e. The Hall–Kier alpha value is -1.24. The quantitative estimate of drug-likeness (QED) is 0.855. The molecule has 2 aromatic rings. The van der Waals surface area contributed by atoms with Crippen LogP contribution < -0.4 is 0 Å². The lowest BCUT2D eigenvalue weighted by Gasteiger charge is -2.26. The number of thiophene rings is 1. The van der Waals surface area contributed by atoms with Gasteiger partial charge in [0.2, 0.25) is 0 Å². The molecule has 0 aromatic carbocycles. The molecule has 19 heavy (non-hydrogen) atoms. The third-order valence-electron chi connectivity index (χ3n) is 3.02. The molecule has 0 unspecified atom stereocenters. The molecule has 0 radical (unpaired) electrons. The van der Waals surface area contributed by atoms with Crippen molar-refractivity contribution in [3.63, 3.8) is 0 Å². The normalized spacial score (nSPS) is 15.7. The molecule has 1 saturated heterocycles. The van der Waals surface area contributed by atoms with Gasteiger partial charge < -0.3 is 9.64 Å². The average Bonchev–Trinajstić information content (AvgIpc) is 3.08. The lowest BCUT2D eigenvalue weighted by Crippen LogP contribution is -2.40.